The highest BCUT2D eigenvalue weighted by atomic mass is 16.6. The van der Waals surface area contributed by atoms with Gasteiger partial charge in [-0.05, 0) is 36.1 Å². The fourth-order valence-corrected chi connectivity index (χ4v) is 3.15. The van der Waals surface area contributed by atoms with Crippen molar-refractivity contribution in [3.05, 3.63) is 81.0 Å². The second-order valence-electron chi connectivity index (χ2n) is 6.13. The van der Waals surface area contributed by atoms with Crippen molar-refractivity contribution in [3.63, 3.8) is 0 Å². The first-order valence-corrected chi connectivity index (χ1v) is 8.37. The van der Waals surface area contributed by atoms with Gasteiger partial charge in [0.05, 0.1) is 16.8 Å². The summed E-state index contributed by atoms with van der Waals surface area (Å²) in [7, 11) is 0. The van der Waals surface area contributed by atoms with Crippen molar-refractivity contribution < 1.29 is 9.72 Å². The van der Waals surface area contributed by atoms with E-state index >= 15 is 0 Å². The number of nitro groups is 1. The van der Waals surface area contributed by atoms with Crippen molar-refractivity contribution in [2.75, 3.05) is 0 Å². The zero-order chi connectivity index (χ0) is 18.8. The van der Waals surface area contributed by atoms with Crippen molar-refractivity contribution in [1.82, 2.24) is 15.6 Å². The molecule has 1 amide bonds. The monoisotopic (exact) mass is 361 g/mol. The first-order valence-electron chi connectivity index (χ1n) is 8.37. The molecule has 1 aliphatic rings. The van der Waals surface area contributed by atoms with Crippen LogP contribution >= 0.6 is 0 Å². The number of H-pyrrole nitrogens is 1. The lowest BCUT2D eigenvalue weighted by atomic mass is 9.89. The predicted octanol–water partition coefficient (Wildman–Crippen LogP) is 2.85. The molecule has 8 heteroatoms. The van der Waals surface area contributed by atoms with Gasteiger partial charge >= 0.3 is 0 Å². The number of aromatic nitrogens is 2. The summed E-state index contributed by atoms with van der Waals surface area (Å²) in [5, 5.41) is 21.7. The van der Waals surface area contributed by atoms with Crippen molar-refractivity contribution in [1.29, 1.82) is 0 Å². The maximum absolute atomic E-state index is 12.4. The number of benzene rings is 2. The molecule has 0 radical (unpaired) electrons. The molecule has 8 nitrogen and oxygen atoms in total. The summed E-state index contributed by atoms with van der Waals surface area (Å²) < 4.78 is 0. The zero-order valence-electron chi connectivity index (χ0n) is 14.2. The Kier molecular flexibility index (Phi) is 4.21. The average Bonchev–Trinajstić information content (AvgIpc) is 3.13. The maximum Gasteiger partial charge on any atom is 0.289 e. The third-order valence-corrected chi connectivity index (χ3v) is 4.49. The van der Waals surface area contributed by atoms with Crippen molar-refractivity contribution >= 4 is 17.8 Å². The average molecular weight is 361 g/mol. The number of nitrogens with one attached hydrogen (secondary N) is 2. The SMILES string of the molecule is O=C(N/N=C/c1ccc([N+](=O)[O-])cc1)c1[nH]nc2c1CCc1ccccc1-2. The lowest BCUT2D eigenvalue weighted by Gasteiger charge is -2.15. The molecule has 134 valence electrons. The lowest BCUT2D eigenvalue weighted by molar-refractivity contribution is -0.384. The molecule has 0 saturated carbocycles. The second kappa shape index (κ2) is 6.83. The first-order chi connectivity index (χ1) is 13.1. The fourth-order valence-electron chi connectivity index (χ4n) is 3.15. The summed E-state index contributed by atoms with van der Waals surface area (Å²) in [5.74, 6) is -0.374. The smallest absolute Gasteiger partial charge is 0.272 e. The Morgan fingerprint density at radius 1 is 1.19 bits per heavy atom. The predicted molar refractivity (Wildman–Crippen MR) is 99.6 cm³/mol. The zero-order valence-corrected chi connectivity index (χ0v) is 14.2. The highest BCUT2D eigenvalue weighted by Gasteiger charge is 2.24. The van der Waals surface area contributed by atoms with Crippen molar-refractivity contribution in [3.8, 4) is 11.3 Å². The van der Waals surface area contributed by atoms with E-state index in [1.54, 1.807) is 12.1 Å². The largest absolute Gasteiger partial charge is 0.289 e. The number of aromatic amines is 1. The van der Waals surface area contributed by atoms with E-state index in [0.717, 1.165) is 29.7 Å². The van der Waals surface area contributed by atoms with Gasteiger partial charge in [0, 0.05) is 23.3 Å². The van der Waals surface area contributed by atoms with Gasteiger partial charge in [0.25, 0.3) is 11.6 Å². The number of non-ortho nitro benzene ring substituents is 1. The summed E-state index contributed by atoms with van der Waals surface area (Å²) in [6, 6.07) is 13.9. The van der Waals surface area contributed by atoms with E-state index < -0.39 is 4.92 Å². The summed E-state index contributed by atoms with van der Waals surface area (Å²) >= 11 is 0. The van der Waals surface area contributed by atoms with E-state index in [4.69, 9.17) is 0 Å². The van der Waals surface area contributed by atoms with E-state index in [9.17, 15) is 14.9 Å². The molecule has 1 heterocycles. The Morgan fingerprint density at radius 2 is 1.96 bits per heavy atom. The Labute approximate surface area is 154 Å². The molecule has 1 aliphatic carbocycles. The number of nitrogens with zero attached hydrogens (tertiary/aromatic N) is 3. The minimum Gasteiger partial charge on any atom is -0.272 e. The summed E-state index contributed by atoms with van der Waals surface area (Å²) in [5.41, 5.74) is 7.47. The molecule has 3 aromatic rings. The minimum atomic E-state index is -0.470. The van der Waals surface area contributed by atoms with Crippen molar-refractivity contribution in [2.24, 2.45) is 5.10 Å². The molecule has 1 aromatic heterocycles. The Balaban J connectivity index is 1.49. The molecule has 4 rings (SSSR count). The van der Waals surface area contributed by atoms with E-state index in [1.807, 2.05) is 18.2 Å². The van der Waals surface area contributed by atoms with Gasteiger partial charge in [-0.3, -0.25) is 20.0 Å². The van der Waals surface area contributed by atoms with Gasteiger partial charge < -0.3 is 0 Å². The van der Waals surface area contributed by atoms with Crippen LogP contribution in [0, 0.1) is 10.1 Å². The number of hydrazone groups is 1. The molecule has 0 aliphatic heterocycles. The van der Waals surface area contributed by atoms with Crippen LogP contribution in [0.3, 0.4) is 0 Å². The van der Waals surface area contributed by atoms with E-state index in [1.165, 1.54) is 23.9 Å². The van der Waals surface area contributed by atoms with Gasteiger partial charge in [-0.1, -0.05) is 24.3 Å². The number of carbonyl (C=O) groups is 1. The number of carbonyl (C=O) groups excluding carboxylic acids is 1. The molecule has 0 saturated heterocycles. The van der Waals surface area contributed by atoms with Gasteiger partial charge in [-0.15, -0.1) is 0 Å². The number of hydrogen-bond acceptors (Lipinski definition) is 5. The van der Waals surface area contributed by atoms with Gasteiger partial charge in [-0.2, -0.15) is 10.2 Å². The third-order valence-electron chi connectivity index (χ3n) is 4.49. The van der Waals surface area contributed by atoms with Crippen LogP contribution in [0.2, 0.25) is 0 Å². The topological polar surface area (TPSA) is 113 Å². The molecule has 0 bridgehead atoms. The molecule has 0 atom stereocenters. The number of rotatable bonds is 4. The molecule has 2 N–H and O–H groups in total. The van der Waals surface area contributed by atoms with Crippen LogP contribution in [0.25, 0.3) is 11.3 Å². The van der Waals surface area contributed by atoms with Gasteiger partial charge in [0.1, 0.15) is 5.69 Å². The van der Waals surface area contributed by atoms with Crippen LogP contribution in [0.15, 0.2) is 53.6 Å². The number of nitro benzene ring substituents is 1. The van der Waals surface area contributed by atoms with Crippen LogP contribution in [-0.4, -0.2) is 27.2 Å². The van der Waals surface area contributed by atoms with Crippen LogP contribution in [0.1, 0.15) is 27.2 Å². The van der Waals surface area contributed by atoms with E-state index in [2.05, 4.69) is 26.8 Å². The molecular weight excluding hydrogens is 346 g/mol. The minimum absolute atomic E-state index is 0.000514. The Morgan fingerprint density at radius 3 is 2.74 bits per heavy atom. The fraction of sp³-hybridized carbons (Fsp3) is 0.105. The van der Waals surface area contributed by atoms with E-state index in [-0.39, 0.29) is 11.6 Å². The van der Waals surface area contributed by atoms with Crippen LogP contribution < -0.4 is 5.43 Å². The standard InChI is InChI=1S/C19H15N5O3/c25-19(23-20-11-12-5-8-14(9-6-12)24(26)27)18-16-10-7-13-3-1-2-4-15(13)17(16)21-22-18/h1-6,8-9,11H,7,10H2,(H,21,22)(H,23,25)/b20-11+. The Bertz CT molecular complexity index is 1050. The maximum atomic E-state index is 12.4. The normalized spacial score (nSPS) is 12.4. The highest BCUT2D eigenvalue weighted by Crippen LogP contribution is 2.33. The summed E-state index contributed by atoms with van der Waals surface area (Å²) in [6.07, 6.45) is 3.02. The number of aryl methyl sites for hydroxylation is 1. The second-order valence-corrected chi connectivity index (χ2v) is 6.13. The van der Waals surface area contributed by atoms with Crippen LogP contribution in [-0.2, 0) is 12.8 Å². The summed E-state index contributed by atoms with van der Waals surface area (Å²) in [4.78, 5) is 22.6. The van der Waals surface area contributed by atoms with Crippen LogP contribution in [0.4, 0.5) is 5.69 Å². The van der Waals surface area contributed by atoms with Gasteiger partial charge in [-0.25, -0.2) is 5.43 Å². The molecule has 0 fully saturated rings. The molecule has 2 aromatic carbocycles. The first kappa shape index (κ1) is 16.6. The lowest BCUT2D eigenvalue weighted by Crippen LogP contribution is -2.20. The third kappa shape index (κ3) is 3.20. The Hall–Kier alpha value is -3.81. The van der Waals surface area contributed by atoms with Crippen molar-refractivity contribution in [2.45, 2.75) is 12.8 Å². The quantitative estimate of drug-likeness (QED) is 0.422. The number of amides is 1. The van der Waals surface area contributed by atoms with Gasteiger partial charge in [0.15, 0.2) is 0 Å². The molecule has 0 unspecified atom stereocenters. The number of fused-ring (bicyclic) bond motifs is 3. The highest BCUT2D eigenvalue weighted by molar-refractivity contribution is 5.96. The number of hydrogen-bond donors (Lipinski definition) is 2. The molecule has 27 heavy (non-hydrogen) atoms. The molecular formula is C19H15N5O3. The summed E-state index contributed by atoms with van der Waals surface area (Å²) in [6.45, 7) is 0. The van der Waals surface area contributed by atoms with Crippen LogP contribution in [0.5, 0.6) is 0 Å². The molecule has 0 spiro atoms. The van der Waals surface area contributed by atoms with E-state index in [0.29, 0.717) is 11.3 Å². The van der Waals surface area contributed by atoms with Gasteiger partial charge in [0.2, 0.25) is 0 Å².